The number of carbonyl (C=O) groups excluding carboxylic acids is 2. The lowest BCUT2D eigenvalue weighted by Gasteiger charge is -1.96. The van der Waals surface area contributed by atoms with Crippen LogP contribution in [0.15, 0.2) is 11.4 Å². The van der Waals surface area contributed by atoms with E-state index in [1.54, 1.807) is 0 Å². The van der Waals surface area contributed by atoms with Gasteiger partial charge in [-0.25, -0.2) is 9.59 Å². The molecule has 0 saturated heterocycles. The molecule has 0 spiro atoms. The smallest absolute Gasteiger partial charge is 0.375 e. The van der Waals surface area contributed by atoms with Gasteiger partial charge >= 0.3 is 11.9 Å². The van der Waals surface area contributed by atoms with Crippen molar-refractivity contribution in [3.8, 4) is 0 Å². The molecule has 1 heterocycles. The minimum atomic E-state index is -1.14. The molecule has 0 aromatic rings. The first-order valence-electron chi connectivity index (χ1n) is 4.32. The molecular weight excluding hydrogens is 175 g/mol. The van der Waals surface area contributed by atoms with E-state index in [0.717, 1.165) is 12.8 Å². The summed E-state index contributed by atoms with van der Waals surface area (Å²) in [6.07, 6.45) is 2.90. The Bertz CT molecular complexity index is 268. The third-order valence-corrected chi connectivity index (χ3v) is 1.91. The fourth-order valence-corrected chi connectivity index (χ4v) is 1.17. The standard InChI is InChI=1S/C9H11FO3/c1-2-3-4-5-6-7(10)9(12)13-8(6)11/h2-5H2,1H3. The zero-order valence-corrected chi connectivity index (χ0v) is 7.43. The highest BCUT2D eigenvalue weighted by atomic mass is 19.1. The number of halogens is 1. The van der Waals surface area contributed by atoms with Crippen molar-refractivity contribution in [3.05, 3.63) is 11.4 Å². The molecular formula is C9H11FO3. The number of hydrogen-bond donors (Lipinski definition) is 0. The summed E-state index contributed by atoms with van der Waals surface area (Å²) >= 11 is 0. The number of cyclic esters (lactones) is 2. The number of unbranched alkanes of at least 4 members (excludes halogenated alkanes) is 2. The number of ether oxygens (including phenoxy) is 1. The maximum atomic E-state index is 12.8. The second kappa shape index (κ2) is 4.16. The first-order valence-corrected chi connectivity index (χ1v) is 4.32. The van der Waals surface area contributed by atoms with Crippen molar-refractivity contribution in [2.75, 3.05) is 0 Å². The van der Waals surface area contributed by atoms with Crippen LogP contribution in [0.2, 0.25) is 0 Å². The van der Waals surface area contributed by atoms with Crippen molar-refractivity contribution in [1.29, 1.82) is 0 Å². The van der Waals surface area contributed by atoms with E-state index in [1.165, 1.54) is 0 Å². The van der Waals surface area contributed by atoms with Crippen LogP contribution in [0.4, 0.5) is 4.39 Å². The minimum absolute atomic E-state index is 0.0987. The van der Waals surface area contributed by atoms with E-state index < -0.39 is 17.8 Å². The van der Waals surface area contributed by atoms with Gasteiger partial charge in [-0.1, -0.05) is 19.8 Å². The van der Waals surface area contributed by atoms with Crippen molar-refractivity contribution in [2.24, 2.45) is 0 Å². The molecule has 0 aromatic heterocycles. The summed E-state index contributed by atoms with van der Waals surface area (Å²) in [4.78, 5) is 21.4. The van der Waals surface area contributed by atoms with Gasteiger partial charge in [-0.15, -0.1) is 0 Å². The van der Waals surface area contributed by atoms with Crippen LogP contribution < -0.4 is 0 Å². The Morgan fingerprint density at radius 3 is 2.38 bits per heavy atom. The molecule has 13 heavy (non-hydrogen) atoms. The minimum Gasteiger partial charge on any atom is -0.384 e. The average Bonchev–Trinajstić information content (AvgIpc) is 2.32. The van der Waals surface area contributed by atoms with Crippen LogP contribution >= 0.6 is 0 Å². The van der Waals surface area contributed by atoms with E-state index in [-0.39, 0.29) is 5.57 Å². The first kappa shape index (κ1) is 9.89. The van der Waals surface area contributed by atoms with Crippen molar-refractivity contribution in [1.82, 2.24) is 0 Å². The van der Waals surface area contributed by atoms with Crippen LogP contribution in [-0.2, 0) is 14.3 Å². The maximum absolute atomic E-state index is 12.8. The highest BCUT2D eigenvalue weighted by Gasteiger charge is 2.32. The molecule has 0 aliphatic carbocycles. The molecule has 0 atom stereocenters. The third kappa shape index (κ3) is 2.14. The molecule has 0 amide bonds. The van der Waals surface area contributed by atoms with Gasteiger partial charge in [-0.3, -0.25) is 0 Å². The van der Waals surface area contributed by atoms with Crippen molar-refractivity contribution >= 4 is 11.9 Å². The highest BCUT2D eigenvalue weighted by molar-refractivity contribution is 6.10. The van der Waals surface area contributed by atoms with Crippen LogP contribution in [0, 0.1) is 0 Å². The zero-order valence-electron chi connectivity index (χ0n) is 7.43. The molecule has 4 heteroatoms. The van der Waals surface area contributed by atoms with Crippen molar-refractivity contribution in [3.63, 3.8) is 0 Å². The molecule has 0 aromatic carbocycles. The lowest BCUT2D eigenvalue weighted by molar-refractivity contribution is -0.151. The molecule has 1 rings (SSSR count). The largest absolute Gasteiger partial charge is 0.384 e. The number of carbonyl (C=O) groups is 2. The van der Waals surface area contributed by atoms with E-state index in [9.17, 15) is 14.0 Å². The molecule has 3 nitrogen and oxygen atoms in total. The van der Waals surface area contributed by atoms with Gasteiger partial charge in [0.1, 0.15) is 0 Å². The lowest BCUT2D eigenvalue weighted by Crippen LogP contribution is -2.01. The lowest BCUT2D eigenvalue weighted by atomic mass is 10.1. The predicted molar refractivity (Wildman–Crippen MR) is 43.4 cm³/mol. The second-order valence-electron chi connectivity index (χ2n) is 2.93. The van der Waals surface area contributed by atoms with Gasteiger partial charge in [0.05, 0.1) is 5.57 Å². The third-order valence-electron chi connectivity index (χ3n) is 1.91. The fraction of sp³-hybridized carbons (Fsp3) is 0.556. The van der Waals surface area contributed by atoms with Crippen LogP contribution in [0.5, 0.6) is 0 Å². The monoisotopic (exact) mass is 186 g/mol. The molecule has 0 radical (unpaired) electrons. The molecule has 1 aliphatic rings. The Hall–Kier alpha value is -1.19. The van der Waals surface area contributed by atoms with E-state index in [2.05, 4.69) is 4.74 Å². The van der Waals surface area contributed by atoms with Gasteiger partial charge in [-0.2, -0.15) is 4.39 Å². The Labute approximate surface area is 75.6 Å². The van der Waals surface area contributed by atoms with E-state index >= 15 is 0 Å². The van der Waals surface area contributed by atoms with Crippen LogP contribution in [0.1, 0.15) is 32.6 Å². The molecule has 1 aliphatic heterocycles. The summed E-state index contributed by atoms with van der Waals surface area (Å²) in [7, 11) is 0. The van der Waals surface area contributed by atoms with Crippen molar-refractivity contribution in [2.45, 2.75) is 32.6 Å². The number of hydrogen-bond acceptors (Lipinski definition) is 3. The first-order chi connectivity index (χ1) is 6.16. The van der Waals surface area contributed by atoms with E-state index in [1.807, 2.05) is 6.92 Å². The molecule has 0 N–H and O–H groups in total. The van der Waals surface area contributed by atoms with Gasteiger partial charge in [0.2, 0.25) is 5.83 Å². The zero-order chi connectivity index (χ0) is 9.84. The van der Waals surface area contributed by atoms with E-state index in [0.29, 0.717) is 12.8 Å². The summed E-state index contributed by atoms with van der Waals surface area (Å²) in [6.45, 7) is 2.00. The quantitative estimate of drug-likeness (QED) is 0.382. The van der Waals surface area contributed by atoms with Crippen LogP contribution in [0.25, 0.3) is 0 Å². The number of esters is 2. The van der Waals surface area contributed by atoms with E-state index in [4.69, 9.17) is 0 Å². The SMILES string of the molecule is CCCCCC1=C(F)C(=O)OC1=O. The molecule has 0 saturated carbocycles. The predicted octanol–water partition coefficient (Wildman–Crippen LogP) is 1.87. The fourth-order valence-electron chi connectivity index (χ4n) is 1.17. The Morgan fingerprint density at radius 1 is 1.23 bits per heavy atom. The van der Waals surface area contributed by atoms with Crippen molar-refractivity contribution < 1.29 is 18.7 Å². The number of rotatable bonds is 4. The molecule has 0 fully saturated rings. The molecule has 0 unspecified atom stereocenters. The van der Waals surface area contributed by atoms with Gasteiger partial charge < -0.3 is 4.74 Å². The Morgan fingerprint density at radius 2 is 1.92 bits per heavy atom. The summed E-state index contributed by atoms with van der Waals surface area (Å²) in [5.74, 6) is -2.98. The highest BCUT2D eigenvalue weighted by Crippen LogP contribution is 2.23. The molecule has 0 bridgehead atoms. The average molecular weight is 186 g/mol. The second-order valence-corrected chi connectivity index (χ2v) is 2.93. The van der Waals surface area contributed by atoms with Gasteiger partial charge in [0.25, 0.3) is 0 Å². The van der Waals surface area contributed by atoms with Gasteiger partial charge in [0.15, 0.2) is 0 Å². The topological polar surface area (TPSA) is 43.4 Å². The molecule has 72 valence electrons. The van der Waals surface area contributed by atoms with Crippen LogP contribution in [0.3, 0.4) is 0 Å². The normalized spacial score (nSPS) is 16.8. The summed E-state index contributed by atoms with van der Waals surface area (Å²) in [6, 6.07) is 0. The Kier molecular flexibility index (Phi) is 3.17. The van der Waals surface area contributed by atoms with Gasteiger partial charge in [0, 0.05) is 0 Å². The summed E-state index contributed by atoms with van der Waals surface area (Å²) in [5, 5.41) is 0. The summed E-state index contributed by atoms with van der Waals surface area (Å²) in [5.41, 5.74) is -0.0987. The van der Waals surface area contributed by atoms with Crippen LogP contribution in [-0.4, -0.2) is 11.9 Å². The summed E-state index contributed by atoms with van der Waals surface area (Å²) < 4.78 is 16.9. The van der Waals surface area contributed by atoms with Gasteiger partial charge in [-0.05, 0) is 12.8 Å². The maximum Gasteiger partial charge on any atom is 0.375 e. The Balaban J connectivity index is 2.56.